The van der Waals surface area contributed by atoms with Gasteiger partial charge in [0.2, 0.25) is 10.0 Å². The zero-order chi connectivity index (χ0) is 22.4. The summed E-state index contributed by atoms with van der Waals surface area (Å²) in [6.45, 7) is 1.54. The van der Waals surface area contributed by atoms with Crippen molar-refractivity contribution >= 4 is 21.9 Å². The molecule has 1 N–H and O–H groups in total. The number of sulfonamides is 1. The van der Waals surface area contributed by atoms with E-state index in [1.54, 1.807) is 4.90 Å². The van der Waals surface area contributed by atoms with Gasteiger partial charge in [-0.3, -0.25) is 9.59 Å². The van der Waals surface area contributed by atoms with Crippen LogP contribution in [0.4, 0.5) is 0 Å². The Balaban J connectivity index is 1.57. The van der Waals surface area contributed by atoms with Gasteiger partial charge in [0.15, 0.2) is 6.61 Å². The molecule has 1 aromatic rings. The van der Waals surface area contributed by atoms with E-state index in [1.165, 1.54) is 12.5 Å². The molecule has 0 radical (unpaired) electrons. The van der Waals surface area contributed by atoms with Crippen LogP contribution in [-0.2, 0) is 29.1 Å². The Bertz CT molecular complexity index is 852. The summed E-state index contributed by atoms with van der Waals surface area (Å²) in [6, 6.07) is 9.64. The normalized spacial score (nSPS) is 26.6. The van der Waals surface area contributed by atoms with E-state index in [1.807, 2.05) is 6.07 Å². The maximum Gasteiger partial charge on any atom is 0.303 e. The summed E-state index contributed by atoms with van der Waals surface area (Å²) in [6.07, 6.45) is 5.63. The van der Waals surface area contributed by atoms with E-state index in [4.69, 9.17) is 9.47 Å². The fraction of sp³-hybridized carbons (Fsp3) is 0.636. The molecule has 1 aliphatic heterocycles. The van der Waals surface area contributed by atoms with E-state index >= 15 is 0 Å². The predicted molar refractivity (Wildman–Crippen MR) is 116 cm³/mol. The Morgan fingerprint density at radius 1 is 1.10 bits per heavy atom. The van der Waals surface area contributed by atoms with Crippen LogP contribution in [-0.4, -0.2) is 69.4 Å². The number of ether oxygens (including phenoxy) is 2. The Hall–Kier alpha value is -1.97. The molecule has 2 fully saturated rings. The predicted octanol–water partition coefficient (Wildman–Crippen LogP) is 1.81. The van der Waals surface area contributed by atoms with Crippen LogP contribution in [0, 0.1) is 0 Å². The van der Waals surface area contributed by atoms with Gasteiger partial charge in [-0.05, 0) is 43.6 Å². The minimum Gasteiger partial charge on any atom is -0.456 e. The van der Waals surface area contributed by atoms with E-state index in [0.717, 1.165) is 31.9 Å². The molecule has 0 aromatic heterocycles. The number of amides is 1. The van der Waals surface area contributed by atoms with Gasteiger partial charge in [-0.2, -0.15) is 0 Å². The second kappa shape index (κ2) is 10.6. The van der Waals surface area contributed by atoms with Gasteiger partial charge in [0, 0.05) is 19.5 Å². The SMILES string of the molecule is CC(=O)OCC(=O)N1CC[C@H](NS(C)(=O)=O)[C@@H]1COC1CCC(c2ccccc2)CC1. The van der Waals surface area contributed by atoms with Crippen LogP contribution in [0.2, 0.25) is 0 Å². The van der Waals surface area contributed by atoms with Gasteiger partial charge < -0.3 is 14.4 Å². The van der Waals surface area contributed by atoms with Crippen molar-refractivity contribution in [3.63, 3.8) is 0 Å². The molecule has 0 bridgehead atoms. The summed E-state index contributed by atoms with van der Waals surface area (Å²) in [5.74, 6) is -0.329. The van der Waals surface area contributed by atoms with Crippen molar-refractivity contribution in [1.82, 2.24) is 9.62 Å². The second-order valence-electron chi connectivity index (χ2n) is 8.44. The number of carbonyl (C=O) groups is 2. The number of rotatable bonds is 8. The summed E-state index contributed by atoms with van der Waals surface area (Å²) in [5, 5.41) is 0. The number of esters is 1. The highest BCUT2D eigenvalue weighted by atomic mass is 32.2. The highest BCUT2D eigenvalue weighted by molar-refractivity contribution is 7.88. The van der Waals surface area contributed by atoms with E-state index in [-0.39, 0.29) is 25.2 Å². The molecule has 0 spiro atoms. The third-order valence-corrected chi connectivity index (χ3v) is 6.81. The van der Waals surface area contributed by atoms with Gasteiger partial charge in [0.05, 0.1) is 25.0 Å². The average Bonchev–Trinajstić information content (AvgIpc) is 3.12. The quantitative estimate of drug-likeness (QED) is 0.604. The number of benzene rings is 1. The third-order valence-electron chi connectivity index (χ3n) is 6.08. The monoisotopic (exact) mass is 452 g/mol. The molecule has 9 heteroatoms. The maximum absolute atomic E-state index is 12.5. The van der Waals surface area contributed by atoms with Crippen LogP contribution in [0.5, 0.6) is 0 Å². The standard InChI is InChI=1S/C22H32N2O6S/c1-16(25)29-15-22(26)24-13-12-20(23-31(2,27)28)21(24)14-30-19-10-8-18(9-11-19)17-6-4-3-5-7-17/h3-7,18-21,23H,8-15H2,1-2H3/t18?,19?,20-,21-/m0/s1. The van der Waals surface area contributed by atoms with Crippen molar-refractivity contribution in [1.29, 1.82) is 0 Å². The summed E-state index contributed by atoms with van der Waals surface area (Å²) in [5.41, 5.74) is 1.36. The topological polar surface area (TPSA) is 102 Å². The lowest BCUT2D eigenvalue weighted by Gasteiger charge is -2.32. The Morgan fingerprint density at radius 3 is 2.39 bits per heavy atom. The zero-order valence-electron chi connectivity index (χ0n) is 18.2. The van der Waals surface area contributed by atoms with Crippen LogP contribution in [0.1, 0.15) is 50.5 Å². The van der Waals surface area contributed by atoms with Crippen molar-refractivity contribution < 1.29 is 27.5 Å². The summed E-state index contributed by atoms with van der Waals surface area (Å²) < 4.78 is 37.2. The largest absolute Gasteiger partial charge is 0.456 e. The number of hydrogen-bond donors (Lipinski definition) is 1. The molecule has 1 aliphatic carbocycles. The van der Waals surface area contributed by atoms with Gasteiger partial charge in [-0.1, -0.05) is 30.3 Å². The highest BCUT2D eigenvalue weighted by Crippen LogP contribution is 2.34. The third kappa shape index (κ3) is 7.02. The molecular formula is C22H32N2O6S. The number of nitrogens with one attached hydrogen (secondary N) is 1. The fourth-order valence-corrected chi connectivity index (χ4v) is 5.38. The first-order chi connectivity index (χ1) is 14.7. The molecule has 8 nitrogen and oxygen atoms in total. The molecule has 1 saturated carbocycles. The van der Waals surface area contributed by atoms with E-state index in [9.17, 15) is 18.0 Å². The minimum absolute atomic E-state index is 0.0878. The molecule has 0 unspecified atom stereocenters. The molecule has 2 atom stereocenters. The highest BCUT2D eigenvalue weighted by Gasteiger charge is 2.39. The molecule has 1 saturated heterocycles. The average molecular weight is 453 g/mol. The van der Waals surface area contributed by atoms with Crippen molar-refractivity contribution in [2.24, 2.45) is 0 Å². The smallest absolute Gasteiger partial charge is 0.303 e. The lowest BCUT2D eigenvalue weighted by atomic mass is 9.83. The molecule has 31 heavy (non-hydrogen) atoms. The molecular weight excluding hydrogens is 420 g/mol. The maximum atomic E-state index is 12.5. The van der Waals surface area contributed by atoms with Crippen molar-refractivity contribution in [3.05, 3.63) is 35.9 Å². The van der Waals surface area contributed by atoms with Crippen molar-refractivity contribution in [2.75, 3.05) is 26.0 Å². The van der Waals surface area contributed by atoms with Crippen LogP contribution >= 0.6 is 0 Å². The number of likely N-dealkylation sites (tertiary alicyclic amines) is 1. The molecule has 172 valence electrons. The first kappa shape index (κ1) is 23.7. The van der Waals surface area contributed by atoms with Crippen LogP contribution in [0.25, 0.3) is 0 Å². The minimum atomic E-state index is -3.43. The number of carbonyl (C=O) groups excluding carboxylic acids is 2. The van der Waals surface area contributed by atoms with E-state index in [2.05, 4.69) is 29.0 Å². The molecule has 1 heterocycles. The first-order valence-corrected chi connectivity index (χ1v) is 12.7. The Labute approximate surface area is 184 Å². The molecule has 1 amide bonds. The summed E-state index contributed by atoms with van der Waals surface area (Å²) in [7, 11) is -3.43. The van der Waals surface area contributed by atoms with Gasteiger partial charge >= 0.3 is 5.97 Å². The van der Waals surface area contributed by atoms with Gasteiger partial charge in [0.25, 0.3) is 5.91 Å². The number of hydrogen-bond acceptors (Lipinski definition) is 6. The van der Waals surface area contributed by atoms with Crippen LogP contribution < -0.4 is 4.72 Å². The fourth-order valence-electron chi connectivity index (χ4n) is 4.55. The van der Waals surface area contributed by atoms with Crippen LogP contribution in [0.3, 0.4) is 0 Å². The molecule has 2 aliphatic rings. The Morgan fingerprint density at radius 2 is 1.77 bits per heavy atom. The van der Waals surface area contributed by atoms with Crippen molar-refractivity contribution in [2.45, 2.75) is 63.1 Å². The summed E-state index contributed by atoms with van der Waals surface area (Å²) in [4.78, 5) is 25.2. The number of nitrogens with zero attached hydrogens (tertiary/aromatic N) is 1. The van der Waals surface area contributed by atoms with Crippen molar-refractivity contribution in [3.8, 4) is 0 Å². The van der Waals surface area contributed by atoms with E-state index in [0.29, 0.717) is 18.9 Å². The zero-order valence-corrected chi connectivity index (χ0v) is 19.0. The molecule has 1 aromatic carbocycles. The lowest BCUT2D eigenvalue weighted by Crippen LogP contribution is -2.50. The van der Waals surface area contributed by atoms with Gasteiger partial charge in [-0.15, -0.1) is 0 Å². The van der Waals surface area contributed by atoms with Gasteiger partial charge in [-0.25, -0.2) is 13.1 Å². The second-order valence-corrected chi connectivity index (χ2v) is 10.2. The first-order valence-electron chi connectivity index (χ1n) is 10.8. The summed E-state index contributed by atoms with van der Waals surface area (Å²) >= 11 is 0. The van der Waals surface area contributed by atoms with Crippen LogP contribution in [0.15, 0.2) is 30.3 Å². The van der Waals surface area contributed by atoms with Gasteiger partial charge in [0.1, 0.15) is 0 Å². The lowest BCUT2D eigenvalue weighted by molar-refractivity contribution is -0.151. The molecule has 3 rings (SSSR count). The van der Waals surface area contributed by atoms with E-state index < -0.39 is 28.1 Å². The Kier molecular flexibility index (Phi) is 8.07.